The second kappa shape index (κ2) is 9.38. The highest BCUT2D eigenvalue weighted by Gasteiger charge is 2.09. The van der Waals surface area contributed by atoms with Gasteiger partial charge in [0.25, 0.3) is 0 Å². The van der Waals surface area contributed by atoms with Gasteiger partial charge in [-0.25, -0.2) is 14.8 Å². The topological polar surface area (TPSA) is 52.1 Å². The van der Waals surface area contributed by atoms with Crippen LogP contribution in [0.15, 0.2) is 36.7 Å². The molecule has 128 valence electrons. The molecule has 24 heavy (non-hydrogen) atoms. The van der Waals surface area contributed by atoms with Crippen LogP contribution in [0.2, 0.25) is 0 Å². The maximum Gasteiger partial charge on any atom is 0.338 e. The number of hydrogen-bond acceptors (Lipinski definition) is 4. The quantitative estimate of drug-likeness (QED) is 0.396. The fourth-order valence-corrected chi connectivity index (χ4v) is 2.30. The van der Waals surface area contributed by atoms with Gasteiger partial charge in [0.15, 0.2) is 5.82 Å². The Kier molecular flexibility index (Phi) is 7.19. The van der Waals surface area contributed by atoms with E-state index in [2.05, 4.69) is 16.9 Å². The van der Waals surface area contributed by atoms with E-state index >= 15 is 0 Å². The Bertz CT molecular complexity index is 639. The zero-order valence-corrected chi connectivity index (χ0v) is 14.9. The lowest BCUT2D eigenvalue weighted by Crippen LogP contribution is -2.11. The van der Waals surface area contributed by atoms with Crippen LogP contribution >= 0.6 is 11.6 Å². The van der Waals surface area contributed by atoms with E-state index in [-0.39, 0.29) is 18.0 Å². The van der Waals surface area contributed by atoms with Crippen LogP contribution in [-0.4, -0.2) is 27.9 Å². The zero-order valence-electron chi connectivity index (χ0n) is 14.2. The van der Waals surface area contributed by atoms with Crippen LogP contribution in [0.5, 0.6) is 0 Å². The summed E-state index contributed by atoms with van der Waals surface area (Å²) in [4.78, 5) is 20.7. The van der Waals surface area contributed by atoms with Gasteiger partial charge in [-0.15, -0.1) is 11.6 Å². The van der Waals surface area contributed by atoms with Crippen molar-refractivity contribution in [1.29, 1.82) is 0 Å². The lowest BCUT2D eigenvalue weighted by Gasteiger charge is -2.07. The third-order valence-electron chi connectivity index (χ3n) is 3.60. The SMILES string of the molecule is CCCCCc1cnc(-c2ccc(C(=O)OC[C@@H](C)Cl)cc2)nc1. The molecule has 0 aliphatic rings. The molecule has 0 radical (unpaired) electrons. The first-order valence-electron chi connectivity index (χ1n) is 8.32. The highest BCUT2D eigenvalue weighted by atomic mass is 35.5. The second-order valence-corrected chi connectivity index (χ2v) is 6.57. The average molecular weight is 347 g/mol. The molecule has 1 atom stereocenters. The third kappa shape index (κ3) is 5.60. The van der Waals surface area contributed by atoms with E-state index in [9.17, 15) is 4.79 Å². The van der Waals surface area contributed by atoms with Crippen LogP contribution < -0.4 is 0 Å². The summed E-state index contributed by atoms with van der Waals surface area (Å²) >= 11 is 5.77. The Morgan fingerprint density at radius 1 is 1.17 bits per heavy atom. The van der Waals surface area contributed by atoms with Crippen LogP contribution in [0.25, 0.3) is 11.4 Å². The second-order valence-electron chi connectivity index (χ2n) is 5.83. The molecule has 2 rings (SSSR count). The standard InChI is InChI=1S/C19H23ClN2O2/c1-3-4-5-6-15-11-21-18(22-12-15)16-7-9-17(10-8-16)19(23)24-13-14(2)20/h7-12,14H,3-6,13H2,1-2H3/t14-/m1/s1. The summed E-state index contributed by atoms with van der Waals surface area (Å²) in [7, 11) is 0. The van der Waals surface area contributed by atoms with Gasteiger partial charge in [-0.3, -0.25) is 0 Å². The molecule has 0 aliphatic carbocycles. The summed E-state index contributed by atoms with van der Waals surface area (Å²) in [5, 5.41) is -0.197. The number of aromatic nitrogens is 2. The molecule has 0 spiro atoms. The minimum atomic E-state index is -0.374. The van der Waals surface area contributed by atoms with Crippen molar-refractivity contribution in [2.24, 2.45) is 0 Å². The van der Waals surface area contributed by atoms with Crippen molar-refractivity contribution < 1.29 is 9.53 Å². The Labute approximate surface area is 148 Å². The predicted molar refractivity (Wildman–Crippen MR) is 96.3 cm³/mol. The smallest absolute Gasteiger partial charge is 0.338 e. The van der Waals surface area contributed by atoms with E-state index in [1.165, 1.54) is 12.8 Å². The van der Waals surface area contributed by atoms with E-state index < -0.39 is 0 Å². The summed E-state index contributed by atoms with van der Waals surface area (Å²) in [5.41, 5.74) is 2.52. The highest BCUT2D eigenvalue weighted by molar-refractivity contribution is 6.20. The fourth-order valence-electron chi connectivity index (χ4n) is 2.24. The van der Waals surface area contributed by atoms with Crippen molar-refractivity contribution in [3.05, 3.63) is 47.8 Å². The number of nitrogens with zero attached hydrogens (tertiary/aromatic N) is 2. The van der Waals surface area contributed by atoms with Gasteiger partial charge in [0.2, 0.25) is 0 Å². The number of unbranched alkanes of at least 4 members (excludes halogenated alkanes) is 2. The lowest BCUT2D eigenvalue weighted by atomic mass is 10.1. The lowest BCUT2D eigenvalue weighted by molar-refractivity contribution is 0.0508. The van der Waals surface area contributed by atoms with Gasteiger partial charge in [-0.2, -0.15) is 0 Å². The van der Waals surface area contributed by atoms with Gasteiger partial charge in [0.05, 0.1) is 10.9 Å². The number of benzene rings is 1. The number of alkyl halides is 1. The van der Waals surface area contributed by atoms with Crippen LogP contribution in [0, 0.1) is 0 Å². The summed E-state index contributed by atoms with van der Waals surface area (Å²) in [6.45, 7) is 4.17. The van der Waals surface area contributed by atoms with Crippen molar-refractivity contribution in [3.63, 3.8) is 0 Å². The van der Waals surface area contributed by atoms with Gasteiger partial charge in [0.1, 0.15) is 6.61 Å². The molecule has 2 aromatic rings. The molecule has 1 aromatic heterocycles. The zero-order chi connectivity index (χ0) is 17.4. The number of ether oxygens (including phenoxy) is 1. The maximum absolute atomic E-state index is 11.9. The van der Waals surface area contributed by atoms with E-state index in [4.69, 9.17) is 16.3 Å². The molecule has 0 N–H and O–H groups in total. The monoisotopic (exact) mass is 346 g/mol. The number of hydrogen-bond donors (Lipinski definition) is 0. The molecule has 4 nitrogen and oxygen atoms in total. The van der Waals surface area contributed by atoms with Gasteiger partial charge in [-0.05, 0) is 37.5 Å². The van der Waals surface area contributed by atoms with Gasteiger partial charge in [0, 0.05) is 18.0 Å². The first-order chi connectivity index (χ1) is 11.6. The molecular formula is C19H23ClN2O2. The molecule has 0 aliphatic heterocycles. The maximum atomic E-state index is 11.9. The first kappa shape index (κ1) is 18.4. The van der Waals surface area contributed by atoms with Crippen molar-refractivity contribution in [3.8, 4) is 11.4 Å². The third-order valence-corrected chi connectivity index (χ3v) is 3.72. The first-order valence-corrected chi connectivity index (χ1v) is 8.76. The van der Waals surface area contributed by atoms with Crippen LogP contribution in [0.3, 0.4) is 0 Å². The summed E-state index contributed by atoms with van der Waals surface area (Å²) in [6.07, 6.45) is 8.36. The normalized spacial score (nSPS) is 12.0. The van der Waals surface area contributed by atoms with Crippen molar-refractivity contribution >= 4 is 17.6 Å². The number of carbonyl (C=O) groups excluding carboxylic acids is 1. The molecule has 0 amide bonds. The number of esters is 1. The molecule has 0 bridgehead atoms. The summed E-state index contributed by atoms with van der Waals surface area (Å²) in [5.74, 6) is 0.282. The Morgan fingerprint density at radius 3 is 2.42 bits per heavy atom. The average Bonchev–Trinajstić information content (AvgIpc) is 2.60. The Hall–Kier alpha value is -1.94. The molecule has 0 unspecified atom stereocenters. The van der Waals surface area contributed by atoms with Crippen LogP contribution in [-0.2, 0) is 11.2 Å². The summed E-state index contributed by atoms with van der Waals surface area (Å²) < 4.78 is 5.10. The van der Waals surface area contributed by atoms with E-state index in [0.717, 1.165) is 24.0 Å². The predicted octanol–water partition coefficient (Wildman–Crippen LogP) is 4.66. The minimum Gasteiger partial charge on any atom is -0.461 e. The van der Waals surface area contributed by atoms with Gasteiger partial charge in [-0.1, -0.05) is 31.9 Å². The number of halogens is 1. The van der Waals surface area contributed by atoms with E-state index in [1.807, 2.05) is 24.5 Å². The van der Waals surface area contributed by atoms with Gasteiger partial charge >= 0.3 is 5.97 Å². The largest absolute Gasteiger partial charge is 0.461 e. The van der Waals surface area contributed by atoms with Crippen LogP contribution in [0.1, 0.15) is 49.0 Å². The fraction of sp³-hybridized carbons (Fsp3) is 0.421. The Balaban J connectivity index is 1.98. The van der Waals surface area contributed by atoms with Crippen molar-refractivity contribution in [1.82, 2.24) is 9.97 Å². The van der Waals surface area contributed by atoms with E-state index in [0.29, 0.717) is 11.4 Å². The molecule has 0 fully saturated rings. The highest BCUT2D eigenvalue weighted by Crippen LogP contribution is 2.16. The molecule has 1 heterocycles. The van der Waals surface area contributed by atoms with Crippen molar-refractivity contribution in [2.75, 3.05) is 6.61 Å². The Morgan fingerprint density at radius 2 is 1.83 bits per heavy atom. The van der Waals surface area contributed by atoms with E-state index in [1.54, 1.807) is 19.1 Å². The molecule has 0 saturated carbocycles. The number of aryl methyl sites for hydroxylation is 1. The number of rotatable bonds is 8. The van der Waals surface area contributed by atoms with Crippen LogP contribution in [0.4, 0.5) is 0 Å². The molecular weight excluding hydrogens is 324 g/mol. The molecule has 1 aromatic carbocycles. The minimum absolute atomic E-state index is 0.197. The van der Waals surface area contributed by atoms with Gasteiger partial charge < -0.3 is 4.74 Å². The summed E-state index contributed by atoms with van der Waals surface area (Å²) in [6, 6.07) is 7.09. The molecule has 5 heteroatoms. The van der Waals surface area contributed by atoms with Crippen molar-refractivity contribution in [2.45, 2.75) is 44.9 Å². The molecule has 0 saturated heterocycles. The number of carbonyl (C=O) groups is 1.